The van der Waals surface area contributed by atoms with E-state index < -0.39 is 5.97 Å². The lowest BCUT2D eigenvalue weighted by atomic mass is 10.0. The minimum absolute atomic E-state index is 0.0987. The number of aromatic hydroxyl groups is 1. The molecule has 0 aliphatic carbocycles. The molecule has 0 atom stereocenters. The highest BCUT2D eigenvalue weighted by Gasteiger charge is 2.09. The standard InChI is InChI=1S/C13H12O3/c1-8-3-4-9-6-10(13(15)16-2)7-12(14)11(9)5-8/h3-7,14H,1-2H3. The maximum Gasteiger partial charge on any atom is 0.338 e. The van der Waals surface area contributed by atoms with Crippen LogP contribution in [0.15, 0.2) is 30.3 Å². The predicted molar refractivity (Wildman–Crippen MR) is 61.7 cm³/mol. The van der Waals surface area contributed by atoms with E-state index in [-0.39, 0.29) is 5.75 Å². The summed E-state index contributed by atoms with van der Waals surface area (Å²) < 4.78 is 4.61. The van der Waals surface area contributed by atoms with Gasteiger partial charge in [-0.2, -0.15) is 0 Å². The van der Waals surface area contributed by atoms with Crippen LogP contribution in [-0.4, -0.2) is 18.2 Å². The molecule has 3 heteroatoms. The average Bonchev–Trinajstić information content (AvgIpc) is 2.28. The molecule has 0 aliphatic heterocycles. The summed E-state index contributed by atoms with van der Waals surface area (Å²) in [7, 11) is 1.32. The Morgan fingerprint density at radius 3 is 2.69 bits per heavy atom. The van der Waals surface area contributed by atoms with E-state index in [1.807, 2.05) is 25.1 Å². The molecule has 2 rings (SSSR count). The molecule has 2 aromatic carbocycles. The normalized spacial score (nSPS) is 10.4. The molecular formula is C13H12O3. The number of hydrogen-bond acceptors (Lipinski definition) is 3. The van der Waals surface area contributed by atoms with Gasteiger partial charge < -0.3 is 9.84 Å². The number of phenols is 1. The quantitative estimate of drug-likeness (QED) is 0.745. The summed E-state index contributed by atoms with van der Waals surface area (Å²) in [5, 5.41) is 11.4. The van der Waals surface area contributed by atoms with Gasteiger partial charge in [-0.3, -0.25) is 0 Å². The van der Waals surface area contributed by atoms with E-state index in [0.29, 0.717) is 5.56 Å². The Kier molecular flexibility index (Phi) is 2.52. The van der Waals surface area contributed by atoms with Crippen molar-refractivity contribution in [1.82, 2.24) is 0 Å². The van der Waals surface area contributed by atoms with E-state index in [0.717, 1.165) is 16.3 Å². The van der Waals surface area contributed by atoms with Gasteiger partial charge in [-0.05, 0) is 30.5 Å². The Hall–Kier alpha value is -2.03. The Labute approximate surface area is 93.3 Å². The molecule has 82 valence electrons. The number of benzene rings is 2. The van der Waals surface area contributed by atoms with Gasteiger partial charge in [-0.1, -0.05) is 17.7 Å². The molecule has 0 bridgehead atoms. The van der Waals surface area contributed by atoms with Crippen molar-refractivity contribution in [1.29, 1.82) is 0 Å². The summed E-state index contributed by atoms with van der Waals surface area (Å²) >= 11 is 0. The molecule has 0 saturated carbocycles. The van der Waals surface area contributed by atoms with E-state index in [9.17, 15) is 9.90 Å². The third-order valence-corrected chi connectivity index (χ3v) is 2.51. The minimum atomic E-state index is -0.447. The molecule has 0 spiro atoms. The van der Waals surface area contributed by atoms with Gasteiger partial charge in [0.2, 0.25) is 0 Å². The SMILES string of the molecule is COC(=O)c1cc(O)c2cc(C)ccc2c1. The molecule has 16 heavy (non-hydrogen) atoms. The van der Waals surface area contributed by atoms with Crippen LogP contribution in [0.4, 0.5) is 0 Å². The third-order valence-electron chi connectivity index (χ3n) is 2.51. The number of carbonyl (C=O) groups is 1. The first-order valence-corrected chi connectivity index (χ1v) is 4.93. The summed E-state index contributed by atoms with van der Waals surface area (Å²) in [5.41, 5.74) is 1.42. The van der Waals surface area contributed by atoms with E-state index in [4.69, 9.17) is 0 Å². The molecule has 0 unspecified atom stereocenters. The van der Waals surface area contributed by atoms with Gasteiger partial charge in [0.25, 0.3) is 0 Å². The number of methoxy groups -OCH3 is 1. The summed E-state index contributed by atoms with van der Waals surface area (Å²) in [5.74, 6) is -0.348. The molecule has 0 aliphatic rings. The highest BCUT2D eigenvalue weighted by molar-refractivity contribution is 5.98. The predicted octanol–water partition coefficient (Wildman–Crippen LogP) is 2.64. The average molecular weight is 216 g/mol. The summed E-state index contributed by atoms with van der Waals surface area (Å²) in [6, 6.07) is 8.82. The number of rotatable bonds is 1. The number of carbonyl (C=O) groups excluding carboxylic acids is 1. The molecule has 0 saturated heterocycles. The molecule has 0 fully saturated rings. The number of hydrogen-bond donors (Lipinski definition) is 1. The van der Waals surface area contributed by atoms with Crippen molar-refractivity contribution in [3.05, 3.63) is 41.5 Å². The lowest BCUT2D eigenvalue weighted by Crippen LogP contribution is -2.00. The number of aryl methyl sites for hydroxylation is 1. The maximum absolute atomic E-state index is 11.3. The molecule has 2 aromatic rings. The topological polar surface area (TPSA) is 46.5 Å². The van der Waals surface area contributed by atoms with Crippen molar-refractivity contribution in [3.63, 3.8) is 0 Å². The smallest absolute Gasteiger partial charge is 0.338 e. The van der Waals surface area contributed by atoms with Crippen LogP contribution < -0.4 is 0 Å². The molecule has 3 nitrogen and oxygen atoms in total. The molecule has 0 aromatic heterocycles. The van der Waals surface area contributed by atoms with Gasteiger partial charge in [0, 0.05) is 5.39 Å². The third kappa shape index (κ3) is 1.72. The zero-order valence-corrected chi connectivity index (χ0v) is 9.15. The second kappa shape index (κ2) is 3.85. The first-order valence-electron chi connectivity index (χ1n) is 4.93. The number of fused-ring (bicyclic) bond motifs is 1. The Bertz CT molecular complexity index is 558. The monoisotopic (exact) mass is 216 g/mol. The lowest BCUT2D eigenvalue weighted by molar-refractivity contribution is 0.0600. The van der Waals surface area contributed by atoms with Gasteiger partial charge >= 0.3 is 5.97 Å². The van der Waals surface area contributed by atoms with E-state index in [2.05, 4.69) is 4.74 Å². The van der Waals surface area contributed by atoms with Crippen LogP contribution in [0.2, 0.25) is 0 Å². The summed E-state index contributed by atoms with van der Waals surface area (Å²) in [6.45, 7) is 1.95. The van der Waals surface area contributed by atoms with E-state index in [1.165, 1.54) is 13.2 Å². The van der Waals surface area contributed by atoms with Crippen LogP contribution in [0.3, 0.4) is 0 Å². The van der Waals surface area contributed by atoms with Crippen molar-refractivity contribution in [2.45, 2.75) is 6.92 Å². The van der Waals surface area contributed by atoms with Gasteiger partial charge in [0.1, 0.15) is 5.75 Å². The molecule has 0 heterocycles. The van der Waals surface area contributed by atoms with Crippen molar-refractivity contribution in [2.24, 2.45) is 0 Å². The van der Waals surface area contributed by atoms with Gasteiger partial charge in [0.15, 0.2) is 0 Å². The maximum atomic E-state index is 11.3. The van der Waals surface area contributed by atoms with E-state index in [1.54, 1.807) is 6.07 Å². The molecule has 0 amide bonds. The van der Waals surface area contributed by atoms with Crippen LogP contribution in [0, 0.1) is 6.92 Å². The van der Waals surface area contributed by atoms with Crippen molar-refractivity contribution in [3.8, 4) is 5.75 Å². The highest BCUT2D eigenvalue weighted by Crippen LogP contribution is 2.27. The van der Waals surface area contributed by atoms with Crippen LogP contribution >= 0.6 is 0 Å². The first-order chi connectivity index (χ1) is 7.61. The van der Waals surface area contributed by atoms with Crippen LogP contribution in [0.25, 0.3) is 10.8 Å². The van der Waals surface area contributed by atoms with Crippen LogP contribution in [-0.2, 0) is 4.74 Å². The Morgan fingerprint density at radius 1 is 1.25 bits per heavy atom. The fourth-order valence-electron chi connectivity index (χ4n) is 1.69. The van der Waals surface area contributed by atoms with E-state index >= 15 is 0 Å². The van der Waals surface area contributed by atoms with Gasteiger partial charge in [-0.15, -0.1) is 0 Å². The zero-order valence-electron chi connectivity index (χ0n) is 9.15. The summed E-state index contributed by atoms with van der Waals surface area (Å²) in [4.78, 5) is 11.3. The Balaban J connectivity index is 2.68. The zero-order chi connectivity index (χ0) is 11.7. The lowest BCUT2D eigenvalue weighted by Gasteiger charge is -2.05. The van der Waals surface area contributed by atoms with Gasteiger partial charge in [-0.25, -0.2) is 4.79 Å². The van der Waals surface area contributed by atoms with Crippen molar-refractivity contribution in [2.75, 3.05) is 7.11 Å². The highest BCUT2D eigenvalue weighted by atomic mass is 16.5. The first kappa shape index (κ1) is 10.5. The second-order valence-corrected chi connectivity index (χ2v) is 3.71. The fourth-order valence-corrected chi connectivity index (χ4v) is 1.69. The minimum Gasteiger partial charge on any atom is -0.507 e. The Morgan fingerprint density at radius 2 is 2.00 bits per heavy atom. The van der Waals surface area contributed by atoms with Crippen molar-refractivity contribution < 1.29 is 14.6 Å². The number of esters is 1. The molecular weight excluding hydrogens is 204 g/mol. The second-order valence-electron chi connectivity index (χ2n) is 3.71. The molecule has 0 radical (unpaired) electrons. The number of ether oxygens (including phenoxy) is 1. The van der Waals surface area contributed by atoms with Crippen LogP contribution in [0.1, 0.15) is 15.9 Å². The molecule has 1 N–H and O–H groups in total. The van der Waals surface area contributed by atoms with Crippen LogP contribution in [0.5, 0.6) is 5.75 Å². The largest absolute Gasteiger partial charge is 0.507 e. The summed E-state index contributed by atoms with van der Waals surface area (Å²) in [6.07, 6.45) is 0. The number of phenolic OH excluding ortho intramolecular Hbond substituents is 1. The fraction of sp³-hybridized carbons (Fsp3) is 0.154. The van der Waals surface area contributed by atoms with Gasteiger partial charge in [0.05, 0.1) is 12.7 Å². The van der Waals surface area contributed by atoms with Crippen molar-refractivity contribution >= 4 is 16.7 Å².